The fourth-order valence-corrected chi connectivity index (χ4v) is 5.32. The van der Waals surface area contributed by atoms with E-state index in [1.807, 2.05) is 54.6 Å². The van der Waals surface area contributed by atoms with Crippen molar-refractivity contribution in [3.63, 3.8) is 0 Å². The maximum atomic E-state index is 12.5. The number of nitrogens with one attached hydrogen (secondary N) is 1. The highest BCUT2D eigenvalue weighted by atomic mass is 32.2. The van der Waals surface area contributed by atoms with E-state index in [1.54, 1.807) is 32.5 Å². The van der Waals surface area contributed by atoms with Gasteiger partial charge in [-0.05, 0) is 37.5 Å². The van der Waals surface area contributed by atoms with Crippen molar-refractivity contribution in [2.75, 3.05) is 5.75 Å². The lowest BCUT2D eigenvalue weighted by Gasteiger charge is -2.36. The lowest BCUT2D eigenvalue weighted by Crippen LogP contribution is -2.40. The lowest BCUT2D eigenvalue weighted by molar-refractivity contribution is -0.131. The molecule has 6 heteroatoms. The molecule has 0 spiro atoms. The van der Waals surface area contributed by atoms with Crippen LogP contribution < -0.4 is 5.32 Å². The molecular formula is C29H31NO4S. The number of benzene rings is 3. The maximum Gasteiger partial charge on any atom is 0.408 e. The predicted octanol–water partition coefficient (Wildman–Crippen LogP) is 6.25. The minimum absolute atomic E-state index is 0.404. The first-order chi connectivity index (χ1) is 16.7. The van der Waals surface area contributed by atoms with Crippen molar-refractivity contribution in [1.82, 2.24) is 5.32 Å². The summed E-state index contributed by atoms with van der Waals surface area (Å²) in [5.41, 5.74) is 2.59. The van der Waals surface area contributed by atoms with Crippen LogP contribution in [0.25, 0.3) is 0 Å². The molecule has 1 amide bonds. The van der Waals surface area contributed by atoms with E-state index in [0.717, 1.165) is 22.8 Å². The molecule has 0 radical (unpaired) electrons. The number of hydrogen-bond acceptors (Lipinski definition) is 4. The molecule has 3 aromatic carbocycles. The number of ether oxygens (including phenoxy) is 1. The van der Waals surface area contributed by atoms with Crippen LogP contribution in [0.4, 0.5) is 4.79 Å². The SMILES string of the molecule is CC(C)(C)OC(=O)N[C@@H](/C=C/C(=O)O)CSC(c1ccccc1)(c1ccccc1)c1ccccc1. The number of carboxylic acid groups (broad SMARTS) is 1. The van der Waals surface area contributed by atoms with Gasteiger partial charge in [-0.25, -0.2) is 9.59 Å². The van der Waals surface area contributed by atoms with Crippen molar-refractivity contribution < 1.29 is 19.4 Å². The number of aliphatic carboxylic acids is 1. The average Bonchev–Trinajstić information content (AvgIpc) is 2.83. The van der Waals surface area contributed by atoms with Gasteiger partial charge in [-0.15, -0.1) is 11.8 Å². The van der Waals surface area contributed by atoms with Gasteiger partial charge in [0.05, 0.1) is 10.8 Å². The van der Waals surface area contributed by atoms with E-state index in [4.69, 9.17) is 4.74 Å². The van der Waals surface area contributed by atoms with Crippen LogP contribution in [0, 0.1) is 0 Å². The number of carbonyl (C=O) groups is 2. The Labute approximate surface area is 211 Å². The van der Waals surface area contributed by atoms with Crippen molar-refractivity contribution >= 4 is 23.8 Å². The summed E-state index contributed by atoms with van der Waals surface area (Å²) in [7, 11) is 0. The van der Waals surface area contributed by atoms with E-state index in [1.165, 1.54) is 6.08 Å². The summed E-state index contributed by atoms with van der Waals surface area (Å²) in [4.78, 5) is 23.8. The van der Waals surface area contributed by atoms with Crippen LogP contribution in [0.15, 0.2) is 103 Å². The molecule has 0 bridgehead atoms. The minimum Gasteiger partial charge on any atom is -0.478 e. The molecule has 3 aromatic rings. The van der Waals surface area contributed by atoms with E-state index in [2.05, 4.69) is 41.7 Å². The van der Waals surface area contributed by atoms with Gasteiger partial charge in [-0.3, -0.25) is 0 Å². The van der Waals surface area contributed by atoms with E-state index in [0.29, 0.717) is 5.75 Å². The summed E-state index contributed by atoms with van der Waals surface area (Å²) in [6.45, 7) is 5.36. The third kappa shape index (κ3) is 7.23. The van der Waals surface area contributed by atoms with Crippen LogP contribution in [0.3, 0.4) is 0 Å². The first-order valence-electron chi connectivity index (χ1n) is 11.4. The molecule has 1 atom stereocenters. The fourth-order valence-electron chi connectivity index (χ4n) is 3.79. The molecule has 0 aromatic heterocycles. The molecule has 5 nitrogen and oxygen atoms in total. The van der Waals surface area contributed by atoms with E-state index in [9.17, 15) is 14.7 Å². The molecule has 0 saturated carbocycles. The average molecular weight is 490 g/mol. The van der Waals surface area contributed by atoms with Gasteiger partial charge in [0.1, 0.15) is 5.60 Å². The Morgan fingerprint density at radius 3 is 1.66 bits per heavy atom. The third-order valence-corrected chi connectivity index (χ3v) is 6.86. The number of alkyl carbamates (subject to hydrolysis) is 1. The summed E-state index contributed by atoms with van der Waals surface area (Å²) < 4.78 is 4.83. The highest BCUT2D eigenvalue weighted by Crippen LogP contribution is 2.48. The highest BCUT2D eigenvalue weighted by Gasteiger charge is 2.37. The fraction of sp³-hybridized carbons (Fsp3) is 0.241. The zero-order valence-electron chi connectivity index (χ0n) is 20.2. The summed E-state index contributed by atoms with van der Waals surface area (Å²) in [6, 6.07) is 30.0. The van der Waals surface area contributed by atoms with Crippen molar-refractivity contribution in [3.05, 3.63) is 120 Å². The van der Waals surface area contributed by atoms with Gasteiger partial charge < -0.3 is 15.2 Å². The van der Waals surface area contributed by atoms with Crippen molar-refractivity contribution in [1.29, 1.82) is 0 Å². The van der Waals surface area contributed by atoms with Gasteiger partial charge >= 0.3 is 12.1 Å². The molecule has 0 fully saturated rings. The van der Waals surface area contributed by atoms with Crippen LogP contribution in [-0.2, 0) is 14.3 Å². The molecular weight excluding hydrogens is 458 g/mol. The lowest BCUT2D eigenvalue weighted by atomic mass is 9.84. The van der Waals surface area contributed by atoms with Crippen LogP contribution >= 0.6 is 11.8 Å². The van der Waals surface area contributed by atoms with Crippen LogP contribution in [0.1, 0.15) is 37.5 Å². The Kier molecular flexibility index (Phi) is 8.77. The van der Waals surface area contributed by atoms with Crippen molar-refractivity contribution in [3.8, 4) is 0 Å². The minimum atomic E-state index is -1.08. The monoisotopic (exact) mass is 489 g/mol. The Morgan fingerprint density at radius 2 is 1.29 bits per heavy atom. The highest BCUT2D eigenvalue weighted by molar-refractivity contribution is 8.00. The topological polar surface area (TPSA) is 75.6 Å². The first-order valence-corrected chi connectivity index (χ1v) is 12.4. The van der Waals surface area contributed by atoms with Gasteiger partial charge in [0.2, 0.25) is 0 Å². The summed E-state index contributed by atoms with van der Waals surface area (Å²) in [6.07, 6.45) is 1.95. The van der Waals surface area contributed by atoms with Crippen molar-refractivity contribution in [2.45, 2.75) is 37.2 Å². The second kappa shape index (κ2) is 11.8. The molecule has 0 aliphatic rings. The third-order valence-electron chi connectivity index (χ3n) is 5.19. The molecule has 35 heavy (non-hydrogen) atoms. The van der Waals surface area contributed by atoms with E-state index < -0.39 is 28.5 Å². The Bertz CT molecular complexity index is 1030. The largest absolute Gasteiger partial charge is 0.478 e. The van der Waals surface area contributed by atoms with Crippen molar-refractivity contribution in [2.24, 2.45) is 0 Å². The van der Waals surface area contributed by atoms with Crippen LogP contribution in [0.2, 0.25) is 0 Å². The van der Waals surface area contributed by atoms with E-state index in [-0.39, 0.29) is 0 Å². The molecule has 0 aliphatic heterocycles. The Balaban J connectivity index is 2.04. The number of rotatable bonds is 9. The predicted molar refractivity (Wildman–Crippen MR) is 142 cm³/mol. The van der Waals surface area contributed by atoms with Gasteiger partial charge in [-0.1, -0.05) is 97.1 Å². The zero-order valence-corrected chi connectivity index (χ0v) is 21.0. The first kappa shape index (κ1) is 26.1. The smallest absolute Gasteiger partial charge is 0.408 e. The Hall–Kier alpha value is -3.51. The molecule has 0 unspecified atom stereocenters. The second-order valence-corrected chi connectivity index (χ2v) is 10.3. The number of amides is 1. The van der Waals surface area contributed by atoms with Crippen LogP contribution in [0.5, 0.6) is 0 Å². The molecule has 182 valence electrons. The van der Waals surface area contributed by atoms with Gasteiger partial charge in [-0.2, -0.15) is 0 Å². The van der Waals surface area contributed by atoms with Gasteiger partial charge in [0.15, 0.2) is 0 Å². The maximum absolute atomic E-state index is 12.5. The van der Waals surface area contributed by atoms with E-state index >= 15 is 0 Å². The summed E-state index contributed by atoms with van der Waals surface area (Å²) in [5, 5.41) is 12.0. The van der Waals surface area contributed by atoms with Crippen LogP contribution in [-0.4, -0.2) is 34.6 Å². The van der Waals surface area contributed by atoms with Gasteiger partial charge in [0, 0.05) is 11.8 Å². The summed E-state index contributed by atoms with van der Waals surface area (Å²) in [5.74, 6) is -0.673. The van der Waals surface area contributed by atoms with Gasteiger partial charge in [0.25, 0.3) is 0 Å². The standard InChI is InChI=1S/C29H31NO4S/c1-28(2,3)34-27(33)30-25(19-20-26(31)32)21-35-29(22-13-7-4-8-14-22,23-15-9-5-10-16-23)24-17-11-6-12-18-24/h4-20,25H,21H2,1-3H3,(H,30,33)(H,31,32)/b20-19+/t25-/m0/s1. The normalized spacial score (nSPS) is 12.8. The number of carboxylic acids is 1. The molecule has 2 N–H and O–H groups in total. The number of carbonyl (C=O) groups excluding carboxylic acids is 1. The molecule has 0 aliphatic carbocycles. The quantitative estimate of drug-likeness (QED) is 0.275. The second-order valence-electron chi connectivity index (χ2n) is 9.04. The zero-order chi connectivity index (χ0) is 25.3. The number of thioether (sulfide) groups is 1. The summed E-state index contributed by atoms with van der Waals surface area (Å²) >= 11 is 1.63. The Morgan fingerprint density at radius 1 is 0.857 bits per heavy atom. The number of hydrogen-bond donors (Lipinski definition) is 2. The molecule has 0 saturated heterocycles. The molecule has 0 heterocycles. The molecule has 3 rings (SSSR count).